The molecular formula is C18H22N2. The van der Waals surface area contributed by atoms with Gasteiger partial charge >= 0.3 is 0 Å². The molecule has 1 atom stereocenters. The molecule has 0 amide bonds. The zero-order chi connectivity index (χ0) is 13.9. The molecule has 0 aliphatic carbocycles. The Kier molecular flexibility index (Phi) is 3.75. The molecule has 20 heavy (non-hydrogen) atoms. The van der Waals surface area contributed by atoms with Crippen LogP contribution in [0.15, 0.2) is 48.5 Å². The average Bonchev–Trinajstić information content (AvgIpc) is 2.87. The van der Waals surface area contributed by atoms with Crippen LogP contribution >= 0.6 is 0 Å². The Morgan fingerprint density at radius 2 is 1.95 bits per heavy atom. The molecule has 1 aliphatic heterocycles. The Morgan fingerprint density at radius 3 is 2.75 bits per heavy atom. The highest BCUT2D eigenvalue weighted by molar-refractivity contribution is 5.58. The first-order valence-corrected chi connectivity index (χ1v) is 7.35. The summed E-state index contributed by atoms with van der Waals surface area (Å²) in [5.74, 6) is 0. The normalized spacial score (nSPS) is 15.2. The standard InChI is InChI=1S/C18H22N2/c1-14(16-6-4-3-5-7-16)19-13-15-8-9-18-17(12-15)10-11-20(18)2/h3-9,12,14,19H,10-11,13H2,1-2H3/t14-/m1/s1. The third-order valence-corrected chi connectivity index (χ3v) is 4.18. The maximum absolute atomic E-state index is 3.60. The van der Waals surface area contributed by atoms with Gasteiger partial charge in [0.1, 0.15) is 0 Å². The quantitative estimate of drug-likeness (QED) is 0.910. The summed E-state index contributed by atoms with van der Waals surface area (Å²) in [4.78, 5) is 2.33. The molecule has 0 saturated heterocycles. The number of hydrogen-bond donors (Lipinski definition) is 1. The molecule has 0 unspecified atom stereocenters. The number of anilines is 1. The predicted molar refractivity (Wildman–Crippen MR) is 85.1 cm³/mol. The number of likely N-dealkylation sites (N-methyl/N-ethyl adjacent to an activating group) is 1. The molecule has 1 heterocycles. The van der Waals surface area contributed by atoms with E-state index in [1.54, 1.807) is 0 Å². The smallest absolute Gasteiger partial charge is 0.0397 e. The van der Waals surface area contributed by atoms with E-state index in [9.17, 15) is 0 Å². The van der Waals surface area contributed by atoms with Gasteiger partial charge in [0, 0.05) is 31.9 Å². The Morgan fingerprint density at radius 1 is 1.15 bits per heavy atom. The molecule has 0 saturated carbocycles. The maximum Gasteiger partial charge on any atom is 0.0397 e. The van der Waals surface area contributed by atoms with Crippen LogP contribution in [0.5, 0.6) is 0 Å². The fourth-order valence-electron chi connectivity index (χ4n) is 2.86. The van der Waals surface area contributed by atoms with Crippen molar-refractivity contribution in [1.82, 2.24) is 5.32 Å². The van der Waals surface area contributed by atoms with Gasteiger partial charge in [0.2, 0.25) is 0 Å². The van der Waals surface area contributed by atoms with Gasteiger partial charge in [0.25, 0.3) is 0 Å². The Hall–Kier alpha value is -1.80. The van der Waals surface area contributed by atoms with Gasteiger partial charge in [0.05, 0.1) is 0 Å². The molecule has 0 aromatic heterocycles. The topological polar surface area (TPSA) is 15.3 Å². The van der Waals surface area contributed by atoms with Crippen molar-refractivity contribution in [2.24, 2.45) is 0 Å². The van der Waals surface area contributed by atoms with Crippen LogP contribution < -0.4 is 10.2 Å². The summed E-state index contributed by atoms with van der Waals surface area (Å²) >= 11 is 0. The Bertz CT molecular complexity index is 577. The molecular weight excluding hydrogens is 244 g/mol. The minimum absolute atomic E-state index is 0.382. The second-order valence-corrected chi connectivity index (χ2v) is 5.65. The molecule has 0 spiro atoms. The largest absolute Gasteiger partial charge is 0.374 e. The minimum Gasteiger partial charge on any atom is -0.374 e. The van der Waals surface area contributed by atoms with Crippen molar-refractivity contribution < 1.29 is 0 Å². The molecule has 2 heteroatoms. The number of fused-ring (bicyclic) bond motifs is 1. The van der Waals surface area contributed by atoms with Crippen LogP contribution in [0.2, 0.25) is 0 Å². The second-order valence-electron chi connectivity index (χ2n) is 5.65. The third kappa shape index (κ3) is 2.70. The van der Waals surface area contributed by atoms with Crippen molar-refractivity contribution >= 4 is 5.69 Å². The highest BCUT2D eigenvalue weighted by atomic mass is 15.1. The lowest BCUT2D eigenvalue weighted by Gasteiger charge is -2.15. The summed E-state index contributed by atoms with van der Waals surface area (Å²) < 4.78 is 0. The monoisotopic (exact) mass is 266 g/mol. The molecule has 3 rings (SSSR count). The highest BCUT2D eigenvalue weighted by Gasteiger charge is 2.15. The molecule has 0 radical (unpaired) electrons. The van der Waals surface area contributed by atoms with Crippen molar-refractivity contribution in [2.75, 3.05) is 18.5 Å². The lowest BCUT2D eigenvalue weighted by molar-refractivity contribution is 0.574. The number of nitrogens with one attached hydrogen (secondary N) is 1. The van der Waals surface area contributed by atoms with Crippen LogP contribution in [0.3, 0.4) is 0 Å². The van der Waals surface area contributed by atoms with E-state index in [-0.39, 0.29) is 0 Å². The van der Waals surface area contributed by atoms with Crippen LogP contribution in [0.4, 0.5) is 5.69 Å². The second kappa shape index (κ2) is 5.68. The molecule has 2 nitrogen and oxygen atoms in total. The van der Waals surface area contributed by atoms with E-state index in [2.05, 4.69) is 72.7 Å². The van der Waals surface area contributed by atoms with Crippen LogP contribution in [0.25, 0.3) is 0 Å². The van der Waals surface area contributed by atoms with Gasteiger partial charge in [-0.15, -0.1) is 0 Å². The van der Waals surface area contributed by atoms with Crippen LogP contribution in [-0.2, 0) is 13.0 Å². The molecule has 1 N–H and O–H groups in total. The highest BCUT2D eigenvalue weighted by Crippen LogP contribution is 2.27. The van der Waals surface area contributed by atoms with Crippen LogP contribution in [-0.4, -0.2) is 13.6 Å². The zero-order valence-corrected chi connectivity index (χ0v) is 12.3. The van der Waals surface area contributed by atoms with Crippen molar-refractivity contribution in [1.29, 1.82) is 0 Å². The fraction of sp³-hybridized carbons (Fsp3) is 0.333. The van der Waals surface area contributed by atoms with E-state index in [0.717, 1.165) is 13.1 Å². The number of nitrogens with zero attached hydrogens (tertiary/aromatic N) is 1. The molecule has 0 bridgehead atoms. The van der Waals surface area contributed by atoms with Crippen molar-refractivity contribution in [2.45, 2.75) is 25.9 Å². The fourth-order valence-corrected chi connectivity index (χ4v) is 2.86. The molecule has 2 aromatic rings. The summed E-state index contributed by atoms with van der Waals surface area (Å²) in [5, 5.41) is 3.60. The minimum atomic E-state index is 0.382. The zero-order valence-electron chi connectivity index (χ0n) is 12.3. The first-order valence-electron chi connectivity index (χ1n) is 7.35. The lowest BCUT2D eigenvalue weighted by Crippen LogP contribution is -2.18. The van der Waals surface area contributed by atoms with Gasteiger partial charge in [-0.3, -0.25) is 0 Å². The van der Waals surface area contributed by atoms with Crippen molar-refractivity contribution in [3.05, 3.63) is 65.2 Å². The molecule has 104 valence electrons. The first kappa shape index (κ1) is 13.2. The van der Waals surface area contributed by atoms with Crippen molar-refractivity contribution in [3.8, 4) is 0 Å². The van der Waals surface area contributed by atoms with Gasteiger partial charge < -0.3 is 10.2 Å². The van der Waals surface area contributed by atoms with Gasteiger partial charge in [-0.25, -0.2) is 0 Å². The summed E-state index contributed by atoms with van der Waals surface area (Å²) in [6.45, 7) is 4.29. The molecule has 2 aromatic carbocycles. The third-order valence-electron chi connectivity index (χ3n) is 4.18. The lowest BCUT2D eigenvalue weighted by atomic mass is 10.1. The van der Waals surface area contributed by atoms with E-state index < -0.39 is 0 Å². The van der Waals surface area contributed by atoms with Crippen LogP contribution in [0, 0.1) is 0 Å². The SMILES string of the molecule is C[C@@H](NCc1ccc2c(c1)CCN2C)c1ccccc1. The van der Waals surface area contributed by atoms with Gasteiger partial charge in [-0.1, -0.05) is 42.5 Å². The van der Waals surface area contributed by atoms with E-state index in [4.69, 9.17) is 0 Å². The first-order chi connectivity index (χ1) is 9.74. The number of hydrogen-bond acceptors (Lipinski definition) is 2. The average molecular weight is 266 g/mol. The Balaban J connectivity index is 1.64. The maximum atomic E-state index is 3.60. The number of benzene rings is 2. The van der Waals surface area contributed by atoms with E-state index in [1.807, 2.05) is 0 Å². The van der Waals surface area contributed by atoms with Gasteiger partial charge in [-0.2, -0.15) is 0 Å². The van der Waals surface area contributed by atoms with E-state index in [1.165, 1.54) is 28.8 Å². The van der Waals surface area contributed by atoms with Gasteiger partial charge in [0.15, 0.2) is 0 Å². The van der Waals surface area contributed by atoms with Crippen molar-refractivity contribution in [3.63, 3.8) is 0 Å². The number of rotatable bonds is 4. The molecule has 1 aliphatic rings. The Labute approximate surface area is 121 Å². The summed E-state index contributed by atoms with van der Waals surface area (Å²) in [7, 11) is 2.17. The predicted octanol–water partition coefficient (Wildman–Crippen LogP) is 3.53. The van der Waals surface area contributed by atoms with E-state index in [0.29, 0.717) is 6.04 Å². The van der Waals surface area contributed by atoms with Crippen LogP contribution in [0.1, 0.15) is 29.7 Å². The molecule has 0 fully saturated rings. The van der Waals surface area contributed by atoms with E-state index >= 15 is 0 Å². The summed E-state index contributed by atoms with van der Waals surface area (Å²) in [6, 6.07) is 17.8. The summed E-state index contributed by atoms with van der Waals surface area (Å²) in [6.07, 6.45) is 1.17. The van der Waals surface area contributed by atoms with Gasteiger partial charge in [-0.05, 0) is 36.1 Å². The summed E-state index contributed by atoms with van der Waals surface area (Å²) in [5.41, 5.74) is 5.60.